The second kappa shape index (κ2) is 13.1. The molecular formula is C15H29IN4OS. The summed E-state index contributed by atoms with van der Waals surface area (Å²) in [5.41, 5.74) is 1.15. The van der Waals surface area contributed by atoms with E-state index in [0.29, 0.717) is 0 Å². The molecule has 0 aliphatic rings. The summed E-state index contributed by atoms with van der Waals surface area (Å²) in [7, 11) is 3.55. The summed E-state index contributed by atoms with van der Waals surface area (Å²) in [5, 5.41) is 7.85. The second-order valence-corrected chi connectivity index (χ2v) is 6.27. The maximum absolute atomic E-state index is 5.03. The van der Waals surface area contributed by atoms with Crippen molar-refractivity contribution < 1.29 is 4.74 Å². The topological polar surface area (TPSA) is 58.5 Å². The maximum Gasteiger partial charge on any atom is 0.190 e. The molecule has 0 aromatic carbocycles. The van der Waals surface area contributed by atoms with Gasteiger partial charge in [-0.15, -0.1) is 35.3 Å². The molecular weight excluding hydrogens is 411 g/mol. The predicted molar refractivity (Wildman–Crippen MR) is 106 cm³/mol. The van der Waals surface area contributed by atoms with Crippen molar-refractivity contribution in [2.24, 2.45) is 4.99 Å². The molecule has 0 aliphatic heterocycles. The highest BCUT2D eigenvalue weighted by molar-refractivity contribution is 14.0. The van der Waals surface area contributed by atoms with Gasteiger partial charge in [0.1, 0.15) is 0 Å². The van der Waals surface area contributed by atoms with Gasteiger partial charge >= 0.3 is 0 Å². The monoisotopic (exact) mass is 440 g/mol. The van der Waals surface area contributed by atoms with Gasteiger partial charge in [0.15, 0.2) is 5.96 Å². The van der Waals surface area contributed by atoms with Crippen LogP contribution in [0.15, 0.2) is 4.99 Å². The Bertz CT molecular complexity index is 418. The molecule has 1 aromatic heterocycles. The van der Waals surface area contributed by atoms with Crippen molar-refractivity contribution in [3.05, 3.63) is 15.6 Å². The van der Waals surface area contributed by atoms with Crippen molar-refractivity contribution in [2.45, 2.75) is 39.5 Å². The number of nitrogens with one attached hydrogen (secondary N) is 2. The third kappa shape index (κ3) is 8.89. The van der Waals surface area contributed by atoms with Crippen LogP contribution in [0.25, 0.3) is 0 Å². The van der Waals surface area contributed by atoms with Gasteiger partial charge in [0.05, 0.1) is 10.7 Å². The Labute approximate surface area is 155 Å². The molecule has 0 saturated carbocycles. The standard InChI is InChI=1S/C15H28N4OS.HI/c1-12-13(2)21-14(19-12)8-10-18-15(16-3)17-9-6-5-7-11-20-4;/h5-11H2,1-4H3,(H2,16,17,18);1H. The Kier molecular flexibility index (Phi) is 12.8. The van der Waals surface area contributed by atoms with Crippen LogP contribution in [0.1, 0.15) is 34.8 Å². The number of ether oxygens (including phenoxy) is 1. The van der Waals surface area contributed by atoms with Gasteiger partial charge in [0.25, 0.3) is 0 Å². The Morgan fingerprint density at radius 1 is 1.18 bits per heavy atom. The maximum atomic E-state index is 5.03. The van der Waals surface area contributed by atoms with Gasteiger partial charge in [-0.3, -0.25) is 4.99 Å². The first kappa shape index (κ1) is 21.6. The average molecular weight is 440 g/mol. The molecule has 0 bridgehead atoms. The number of halogens is 1. The Morgan fingerprint density at radius 3 is 2.50 bits per heavy atom. The molecule has 2 N–H and O–H groups in total. The van der Waals surface area contributed by atoms with E-state index in [2.05, 4.69) is 34.5 Å². The third-order valence-corrected chi connectivity index (χ3v) is 4.38. The fraction of sp³-hybridized carbons (Fsp3) is 0.733. The number of aromatic nitrogens is 1. The highest BCUT2D eigenvalue weighted by Gasteiger charge is 2.03. The zero-order valence-electron chi connectivity index (χ0n) is 14.1. The summed E-state index contributed by atoms with van der Waals surface area (Å²) in [6.45, 7) is 6.83. The van der Waals surface area contributed by atoms with E-state index in [-0.39, 0.29) is 24.0 Å². The van der Waals surface area contributed by atoms with Crippen LogP contribution in [0.4, 0.5) is 0 Å². The lowest BCUT2D eigenvalue weighted by atomic mass is 10.2. The zero-order chi connectivity index (χ0) is 15.5. The predicted octanol–water partition coefficient (Wildman–Crippen LogP) is 2.90. The number of unbranched alkanes of at least 4 members (excludes halogenated alkanes) is 2. The van der Waals surface area contributed by atoms with E-state index in [1.54, 1.807) is 25.5 Å². The number of nitrogens with zero attached hydrogens (tertiary/aromatic N) is 2. The molecule has 0 fully saturated rings. The number of hydrogen-bond donors (Lipinski definition) is 2. The smallest absolute Gasteiger partial charge is 0.190 e. The van der Waals surface area contributed by atoms with E-state index in [9.17, 15) is 0 Å². The summed E-state index contributed by atoms with van der Waals surface area (Å²) in [4.78, 5) is 10.1. The number of thiazole rings is 1. The molecule has 0 aliphatic carbocycles. The van der Waals surface area contributed by atoms with E-state index < -0.39 is 0 Å². The van der Waals surface area contributed by atoms with Gasteiger partial charge in [-0.25, -0.2) is 4.98 Å². The van der Waals surface area contributed by atoms with Crippen LogP contribution in [0.3, 0.4) is 0 Å². The van der Waals surface area contributed by atoms with Crippen LogP contribution in [-0.4, -0.2) is 44.8 Å². The van der Waals surface area contributed by atoms with Crippen LogP contribution in [0.2, 0.25) is 0 Å². The van der Waals surface area contributed by atoms with Crippen LogP contribution in [-0.2, 0) is 11.2 Å². The van der Waals surface area contributed by atoms with Gasteiger partial charge in [-0.05, 0) is 33.1 Å². The van der Waals surface area contributed by atoms with Gasteiger partial charge in [0.2, 0.25) is 0 Å². The van der Waals surface area contributed by atoms with Crippen molar-refractivity contribution in [3.8, 4) is 0 Å². The fourth-order valence-electron chi connectivity index (χ4n) is 1.91. The van der Waals surface area contributed by atoms with Crippen molar-refractivity contribution in [1.29, 1.82) is 0 Å². The molecule has 0 saturated heterocycles. The van der Waals surface area contributed by atoms with E-state index in [4.69, 9.17) is 4.74 Å². The molecule has 1 aromatic rings. The van der Waals surface area contributed by atoms with Crippen LogP contribution in [0, 0.1) is 13.8 Å². The van der Waals surface area contributed by atoms with Crippen molar-refractivity contribution in [2.75, 3.05) is 33.9 Å². The van der Waals surface area contributed by atoms with Crippen molar-refractivity contribution >= 4 is 41.3 Å². The first-order valence-electron chi connectivity index (χ1n) is 7.53. The lowest BCUT2D eigenvalue weighted by molar-refractivity contribution is 0.192. The Balaban J connectivity index is 0.00000441. The van der Waals surface area contributed by atoms with Gasteiger partial charge in [0, 0.05) is 45.2 Å². The van der Waals surface area contributed by atoms with Crippen LogP contribution >= 0.6 is 35.3 Å². The fourth-order valence-corrected chi connectivity index (χ4v) is 2.84. The average Bonchev–Trinajstić information content (AvgIpc) is 2.79. The summed E-state index contributed by atoms with van der Waals surface area (Å²) < 4.78 is 5.03. The molecule has 1 rings (SSSR count). The molecule has 0 spiro atoms. The molecule has 5 nitrogen and oxygen atoms in total. The third-order valence-electron chi connectivity index (χ3n) is 3.25. The van der Waals surface area contributed by atoms with E-state index >= 15 is 0 Å². The second-order valence-electron chi connectivity index (χ2n) is 4.98. The lowest BCUT2D eigenvalue weighted by Crippen LogP contribution is -2.38. The molecule has 1 heterocycles. The number of aliphatic imine (C=N–C) groups is 1. The van der Waals surface area contributed by atoms with Crippen molar-refractivity contribution in [3.63, 3.8) is 0 Å². The zero-order valence-corrected chi connectivity index (χ0v) is 17.2. The molecule has 0 unspecified atom stereocenters. The Hall–Kier alpha value is -0.410. The number of methoxy groups -OCH3 is 1. The molecule has 0 radical (unpaired) electrons. The summed E-state index contributed by atoms with van der Waals surface area (Å²) >= 11 is 1.78. The normalized spacial score (nSPS) is 11.2. The van der Waals surface area contributed by atoms with Crippen LogP contribution < -0.4 is 10.6 Å². The minimum atomic E-state index is 0. The molecule has 128 valence electrons. The molecule has 0 amide bonds. The molecule has 0 atom stereocenters. The molecule has 22 heavy (non-hydrogen) atoms. The van der Waals surface area contributed by atoms with E-state index in [0.717, 1.165) is 50.6 Å². The SMILES string of the molecule is CN=C(NCCCCCOC)NCCc1nc(C)c(C)s1.I. The minimum absolute atomic E-state index is 0. The number of aryl methyl sites for hydroxylation is 2. The summed E-state index contributed by atoms with van der Waals surface area (Å²) in [6.07, 6.45) is 4.37. The number of hydrogen-bond acceptors (Lipinski definition) is 4. The van der Waals surface area contributed by atoms with Crippen molar-refractivity contribution in [1.82, 2.24) is 15.6 Å². The highest BCUT2D eigenvalue weighted by atomic mass is 127. The molecule has 7 heteroatoms. The van der Waals surface area contributed by atoms with Gasteiger partial charge in [-0.1, -0.05) is 0 Å². The Morgan fingerprint density at radius 2 is 1.91 bits per heavy atom. The minimum Gasteiger partial charge on any atom is -0.385 e. The van der Waals surface area contributed by atoms with Crippen LogP contribution in [0.5, 0.6) is 0 Å². The van der Waals surface area contributed by atoms with E-state index in [1.807, 2.05) is 0 Å². The number of rotatable bonds is 9. The first-order chi connectivity index (χ1) is 10.2. The summed E-state index contributed by atoms with van der Waals surface area (Å²) in [5.74, 6) is 0.867. The highest BCUT2D eigenvalue weighted by Crippen LogP contribution is 2.16. The lowest BCUT2D eigenvalue weighted by Gasteiger charge is -2.11. The number of guanidine groups is 1. The first-order valence-corrected chi connectivity index (χ1v) is 8.35. The van der Waals surface area contributed by atoms with E-state index in [1.165, 1.54) is 16.3 Å². The van der Waals surface area contributed by atoms with Gasteiger partial charge in [-0.2, -0.15) is 0 Å². The van der Waals surface area contributed by atoms with Gasteiger partial charge < -0.3 is 15.4 Å². The quantitative estimate of drug-likeness (QED) is 0.268. The largest absolute Gasteiger partial charge is 0.385 e. The summed E-state index contributed by atoms with van der Waals surface area (Å²) in [6, 6.07) is 0.